The van der Waals surface area contributed by atoms with E-state index >= 15 is 0 Å². The predicted molar refractivity (Wildman–Crippen MR) is 63.5 cm³/mol. The molecule has 94 valence electrons. The number of aromatic nitrogens is 2. The maximum absolute atomic E-state index is 11.2. The van der Waals surface area contributed by atoms with Crippen LogP contribution >= 0.6 is 0 Å². The molecule has 1 saturated heterocycles. The third-order valence-corrected chi connectivity index (χ3v) is 3.45. The minimum Gasteiger partial charge on any atom is -0.481 e. The zero-order chi connectivity index (χ0) is 12.5. The molecule has 0 bridgehead atoms. The molecule has 1 unspecified atom stereocenters. The van der Waals surface area contributed by atoms with Crippen LogP contribution in [-0.4, -0.2) is 38.8 Å². The maximum atomic E-state index is 11.2. The smallest absolute Gasteiger partial charge is 0.310 e. The predicted octanol–water partition coefficient (Wildman–Crippen LogP) is 1.11. The molecule has 5 nitrogen and oxygen atoms in total. The minimum absolute atomic E-state index is 0.604. The summed E-state index contributed by atoms with van der Waals surface area (Å²) in [5.74, 6) is -0.691. The molecule has 0 saturated carbocycles. The summed E-state index contributed by atoms with van der Waals surface area (Å²) < 4.78 is 1.77. The minimum atomic E-state index is -0.691. The van der Waals surface area contributed by atoms with Crippen LogP contribution in [0.3, 0.4) is 0 Å². The van der Waals surface area contributed by atoms with E-state index in [0.29, 0.717) is 6.54 Å². The standard InChI is InChI=1S/C12H19N3O2/c1-12(11(16)17)5-3-6-15(9-12)8-10-4-7-14(2)13-10/h4,7H,3,5-6,8-9H2,1-2H3,(H,16,17). The molecule has 0 radical (unpaired) electrons. The molecule has 17 heavy (non-hydrogen) atoms. The molecule has 5 heteroatoms. The van der Waals surface area contributed by atoms with Crippen LogP contribution in [0.1, 0.15) is 25.5 Å². The molecule has 0 amide bonds. The van der Waals surface area contributed by atoms with Crippen molar-refractivity contribution in [1.29, 1.82) is 0 Å². The quantitative estimate of drug-likeness (QED) is 0.855. The molecule has 1 aromatic heterocycles. The van der Waals surface area contributed by atoms with Gasteiger partial charge in [0.2, 0.25) is 0 Å². The van der Waals surface area contributed by atoms with Gasteiger partial charge in [0, 0.05) is 26.3 Å². The normalized spacial score (nSPS) is 26.0. The van der Waals surface area contributed by atoms with Crippen LogP contribution in [0.4, 0.5) is 0 Å². The average molecular weight is 237 g/mol. The van der Waals surface area contributed by atoms with Gasteiger partial charge in [0.05, 0.1) is 11.1 Å². The molecular formula is C12H19N3O2. The largest absolute Gasteiger partial charge is 0.481 e. The third-order valence-electron chi connectivity index (χ3n) is 3.45. The van der Waals surface area contributed by atoms with Gasteiger partial charge >= 0.3 is 5.97 Å². The molecule has 2 rings (SSSR count). The molecule has 0 spiro atoms. The lowest BCUT2D eigenvalue weighted by Crippen LogP contribution is -2.45. The van der Waals surface area contributed by atoms with E-state index in [0.717, 1.165) is 31.6 Å². The van der Waals surface area contributed by atoms with Crippen LogP contribution in [0.25, 0.3) is 0 Å². The Labute approximate surface area is 101 Å². The third kappa shape index (κ3) is 2.66. The summed E-state index contributed by atoms with van der Waals surface area (Å²) in [6.45, 7) is 4.14. The molecule has 1 aliphatic heterocycles. The molecule has 1 aliphatic rings. The fraction of sp³-hybridized carbons (Fsp3) is 0.667. The highest BCUT2D eigenvalue weighted by Crippen LogP contribution is 2.30. The van der Waals surface area contributed by atoms with Crippen molar-refractivity contribution in [2.24, 2.45) is 12.5 Å². The highest BCUT2D eigenvalue weighted by molar-refractivity contribution is 5.74. The Hall–Kier alpha value is -1.36. The van der Waals surface area contributed by atoms with Crippen LogP contribution in [0.5, 0.6) is 0 Å². The number of piperidine rings is 1. The number of hydrogen-bond acceptors (Lipinski definition) is 3. The SMILES string of the molecule is Cn1ccc(CN2CCCC(C)(C(=O)O)C2)n1. The number of aliphatic carboxylic acids is 1. The fourth-order valence-corrected chi connectivity index (χ4v) is 2.43. The first-order valence-electron chi connectivity index (χ1n) is 5.94. The molecule has 1 aromatic rings. The van der Waals surface area contributed by atoms with Crippen molar-refractivity contribution in [2.75, 3.05) is 13.1 Å². The van der Waals surface area contributed by atoms with Crippen LogP contribution in [-0.2, 0) is 18.4 Å². The van der Waals surface area contributed by atoms with E-state index < -0.39 is 11.4 Å². The number of rotatable bonds is 3. The van der Waals surface area contributed by atoms with Crippen LogP contribution in [0, 0.1) is 5.41 Å². The number of carbonyl (C=O) groups is 1. The van der Waals surface area contributed by atoms with Crippen molar-refractivity contribution in [3.63, 3.8) is 0 Å². The van der Waals surface area contributed by atoms with Gasteiger partial charge in [-0.05, 0) is 32.4 Å². The molecule has 1 N–H and O–H groups in total. The molecular weight excluding hydrogens is 218 g/mol. The maximum Gasteiger partial charge on any atom is 0.310 e. The van der Waals surface area contributed by atoms with Crippen LogP contribution in [0.15, 0.2) is 12.3 Å². The Bertz CT molecular complexity index is 416. The van der Waals surface area contributed by atoms with Gasteiger partial charge in [0.25, 0.3) is 0 Å². The molecule has 0 aromatic carbocycles. The van der Waals surface area contributed by atoms with Crippen molar-refractivity contribution < 1.29 is 9.90 Å². The van der Waals surface area contributed by atoms with Gasteiger partial charge < -0.3 is 5.11 Å². The van der Waals surface area contributed by atoms with Crippen molar-refractivity contribution >= 4 is 5.97 Å². The monoisotopic (exact) mass is 237 g/mol. The summed E-state index contributed by atoms with van der Waals surface area (Å²) in [6, 6.07) is 1.98. The zero-order valence-electron chi connectivity index (χ0n) is 10.4. The summed E-state index contributed by atoms with van der Waals surface area (Å²) in [4.78, 5) is 13.4. The lowest BCUT2D eigenvalue weighted by atomic mass is 9.82. The Morgan fingerprint density at radius 1 is 1.65 bits per heavy atom. The van der Waals surface area contributed by atoms with Crippen molar-refractivity contribution in [3.8, 4) is 0 Å². The topological polar surface area (TPSA) is 58.4 Å². The number of carboxylic acid groups (broad SMARTS) is 1. The lowest BCUT2D eigenvalue weighted by Gasteiger charge is -2.37. The second-order valence-electron chi connectivity index (χ2n) is 5.16. The first-order chi connectivity index (χ1) is 7.99. The van der Waals surface area contributed by atoms with Gasteiger partial charge in [-0.15, -0.1) is 0 Å². The fourth-order valence-electron chi connectivity index (χ4n) is 2.43. The number of likely N-dealkylation sites (tertiary alicyclic amines) is 1. The van der Waals surface area contributed by atoms with Crippen molar-refractivity contribution in [3.05, 3.63) is 18.0 Å². The van der Waals surface area contributed by atoms with E-state index in [1.807, 2.05) is 26.2 Å². The Kier molecular flexibility index (Phi) is 3.19. The molecule has 1 atom stereocenters. The number of aryl methyl sites for hydroxylation is 1. The molecule has 2 heterocycles. The summed E-state index contributed by atoms with van der Waals surface area (Å²) in [5.41, 5.74) is 0.398. The number of nitrogens with zero attached hydrogens (tertiary/aromatic N) is 3. The highest BCUT2D eigenvalue weighted by atomic mass is 16.4. The van der Waals surface area contributed by atoms with E-state index in [1.165, 1.54) is 0 Å². The average Bonchev–Trinajstić information content (AvgIpc) is 2.64. The zero-order valence-corrected chi connectivity index (χ0v) is 10.4. The van der Waals surface area contributed by atoms with Crippen LogP contribution in [0.2, 0.25) is 0 Å². The van der Waals surface area contributed by atoms with E-state index in [9.17, 15) is 9.90 Å². The number of hydrogen-bond donors (Lipinski definition) is 1. The number of carboxylic acids is 1. The Morgan fingerprint density at radius 2 is 2.41 bits per heavy atom. The van der Waals surface area contributed by atoms with Gasteiger partial charge in [0.1, 0.15) is 0 Å². The summed E-state index contributed by atoms with van der Waals surface area (Å²) in [5, 5.41) is 13.6. The summed E-state index contributed by atoms with van der Waals surface area (Å²) >= 11 is 0. The van der Waals surface area contributed by atoms with Gasteiger partial charge in [-0.2, -0.15) is 5.10 Å². The van der Waals surface area contributed by atoms with E-state index in [2.05, 4.69) is 10.00 Å². The second kappa shape index (κ2) is 4.49. The van der Waals surface area contributed by atoms with E-state index in [-0.39, 0.29) is 0 Å². The van der Waals surface area contributed by atoms with Gasteiger partial charge in [-0.25, -0.2) is 0 Å². The van der Waals surface area contributed by atoms with Gasteiger partial charge in [0.15, 0.2) is 0 Å². The molecule has 1 fully saturated rings. The Balaban J connectivity index is 2.00. The van der Waals surface area contributed by atoms with E-state index in [4.69, 9.17) is 0 Å². The first kappa shape index (κ1) is 12.1. The molecule has 0 aliphatic carbocycles. The van der Waals surface area contributed by atoms with Crippen molar-refractivity contribution in [1.82, 2.24) is 14.7 Å². The lowest BCUT2D eigenvalue weighted by molar-refractivity contribution is -0.151. The van der Waals surface area contributed by atoms with Crippen molar-refractivity contribution in [2.45, 2.75) is 26.3 Å². The van der Waals surface area contributed by atoms with Crippen LogP contribution < -0.4 is 0 Å². The summed E-state index contributed by atoms with van der Waals surface area (Å²) in [7, 11) is 1.89. The first-order valence-corrected chi connectivity index (χ1v) is 5.94. The van der Waals surface area contributed by atoms with Gasteiger partial charge in [-0.1, -0.05) is 0 Å². The second-order valence-corrected chi connectivity index (χ2v) is 5.16. The Morgan fingerprint density at radius 3 is 3.00 bits per heavy atom. The summed E-state index contributed by atoms with van der Waals surface area (Å²) in [6.07, 6.45) is 3.62. The van der Waals surface area contributed by atoms with E-state index in [1.54, 1.807) is 4.68 Å². The highest BCUT2D eigenvalue weighted by Gasteiger charge is 2.37. The van der Waals surface area contributed by atoms with Gasteiger partial charge in [-0.3, -0.25) is 14.4 Å².